The van der Waals surface area contributed by atoms with E-state index < -0.39 is 0 Å². The number of hydrogen-bond acceptors (Lipinski definition) is 2. The first kappa shape index (κ1) is 21.6. The molecule has 3 nitrogen and oxygen atoms in total. The van der Waals surface area contributed by atoms with E-state index in [1.54, 1.807) is 0 Å². The van der Waals surface area contributed by atoms with Crippen LogP contribution in [-0.4, -0.2) is 30.4 Å². The van der Waals surface area contributed by atoms with Crippen molar-refractivity contribution in [1.29, 1.82) is 0 Å². The Morgan fingerprint density at radius 1 is 1.07 bits per heavy atom. The average molecular weight is 393 g/mol. The van der Waals surface area contributed by atoms with Crippen molar-refractivity contribution >= 4 is 5.91 Å². The molecule has 156 valence electrons. The van der Waals surface area contributed by atoms with Gasteiger partial charge in [0.2, 0.25) is 5.91 Å². The lowest BCUT2D eigenvalue weighted by atomic mass is 9.82. The minimum Gasteiger partial charge on any atom is -0.350 e. The summed E-state index contributed by atoms with van der Waals surface area (Å²) >= 11 is 0. The van der Waals surface area contributed by atoms with Gasteiger partial charge in [-0.05, 0) is 61.3 Å². The van der Waals surface area contributed by atoms with E-state index in [4.69, 9.17) is 0 Å². The molecular weight excluding hydrogens is 356 g/mol. The summed E-state index contributed by atoms with van der Waals surface area (Å²) in [6.45, 7) is 9.76. The molecule has 1 amide bonds. The molecule has 0 aliphatic carbocycles. The van der Waals surface area contributed by atoms with Crippen molar-refractivity contribution in [3.8, 4) is 0 Å². The molecule has 1 saturated heterocycles. The number of carbonyl (C=O) groups is 1. The predicted molar refractivity (Wildman–Crippen MR) is 121 cm³/mol. The minimum absolute atomic E-state index is 0.0522. The first-order valence-corrected chi connectivity index (χ1v) is 11.2. The summed E-state index contributed by atoms with van der Waals surface area (Å²) in [7, 11) is 0. The number of piperidine rings is 1. The number of benzene rings is 2. The maximum Gasteiger partial charge on any atom is 0.220 e. The van der Waals surface area contributed by atoms with Gasteiger partial charge in [0, 0.05) is 19.5 Å². The molecule has 1 heterocycles. The van der Waals surface area contributed by atoms with Crippen LogP contribution in [0.2, 0.25) is 0 Å². The van der Waals surface area contributed by atoms with Crippen LogP contribution in [0.1, 0.15) is 68.7 Å². The van der Waals surface area contributed by atoms with E-state index in [1.165, 1.54) is 11.1 Å². The van der Waals surface area contributed by atoms with Gasteiger partial charge in [0.25, 0.3) is 0 Å². The lowest BCUT2D eigenvalue weighted by Crippen LogP contribution is -2.41. The Balaban J connectivity index is 1.62. The Morgan fingerprint density at radius 3 is 2.45 bits per heavy atom. The van der Waals surface area contributed by atoms with Gasteiger partial charge >= 0.3 is 0 Å². The van der Waals surface area contributed by atoms with Crippen LogP contribution in [0.15, 0.2) is 54.6 Å². The largest absolute Gasteiger partial charge is 0.350 e. The van der Waals surface area contributed by atoms with E-state index >= 15 is 0 Å². The molecule has 0 aromatic heterocycles. The number of hydrogen-bond donors (Lipinski definition) is 1. The van der Waals surface area contributed by atoms with Crippen molar-refractivity contribution in [1.82, 2.24) is 10.2 Å². The molecule has 3 unspecified atom stereocenters. The number of nitrogens with zero attached hydrogens (tertiary/aromatic N) is 1. The zero-order valence-electron chi connectivity index (χ0n) is 18.2. The van der Waals surface area contributed by atoms with Gasteiger partial charge < -0.3 is 10.2 Å². The van der Waals surface area contributed by atoms with Crippen LogP contribution >= 0.6 is 0 Å². The summed E-state index contributed by atoms with van der Waals surface area (Å²) in [5.74, 6) is 1.10. The molecule has 0 bridgehead atoms. The zero-order valence-corrected chi connectivity index (χ0v) is 18.2. The lowest BCUT2D eigenvalue weighted by Gasteiger charge is -2.38. The van der Waals surface area contributed by atoms with Crippen LogP contribution in [-0.2, 0) is 11.2 Å². The van der Waals surface area contributed by atoms with Crippen LogP contribution in [0.3, 0.4) is 0 Å². The molecule has 1 N–H and O–H groups in total. The highest BCUT2D eigenvalue weighted by atomic mass is 16.1. The molecule has 3 atom stereocenters. The van der Waals surface area contributed by atoms with Gasteiger partial charge in [-0.25, -0.2) is 0 Å². The minimum atomic E-state index is 0.0522. The molecule has 1 aliphatic rings. The third-order valence-electron chi connectivity index (χ3n) is 6.16. The van der Waals surface area contributed by atoms with Gasteiger partial charge in [0.05, 0.1) is 6.04 Å². The molecule has 3 heteroatoms. The number of likely N-dealkylation sites (tertiary alicyclic amines) is 1. The van der Waals surface area contributed by atoms with Crippen LogP contribution in [0, 0.1) is 5.92 Å². The summed E-state index contributed by atoms with van der Waals surface area (Å²) in [6.07, 6.45) is 3.94. The van der Waals surface area contributed by atoms with Crippen LogP contribution in [0.4, 0.5) is 0 Å². The molecule has 2 aromatic rings. The van der Waals surface area contributed by atoms with E-state index in [0.29, 0.717) is 18.3 Å². The van der Waals surface area contributed by atoms with E-state index in [2.05, 4.69) is 67.4 Å². The van der Waals surface area contributed by atoms with Gasteiger partial charge in [-0.3, -0.25) is 4.79 Å². The first-order chi connectivity index (χ1) is 14.1. The van der Waals surface area contributed by atoms with Crippen molar-refractivity contribution in [3.63, 3.8) is 0 Å². The van der Waals surface area contributed by atoms with Crippen molar-refractivity contribution in [3.05, 3.63) is 71.3 Å². The predicted octanol–water partition coefficient (Wildman–Crippen LogP) is 5.33. The fourth-order valence-corrected chi connectivity index (χ4v) is 4.60. The Morgan fingerprint density at radius 2 is 1.79 bits per heavy atom. The smallest absolute Gasteiger partial charge is 0.220 e. The van der Waals surface area contributed by atoms with Gasteiger partial charge in [-0.1, -0.05) is 68.4 Å². The van der Waals surface area contributed by atoms with E-state index in [9.17, 15) is 4.79 Å². The molecular formula is C26H36N2O. The molecule has 0 saturated carbocycles. The highest BCUT2D eigenvalue weighted by Gasteiger charge is 2.29. The molecule has 1 fully saturated rings. The van der Waals surface area contributed by atoms with Crippen LogP contribution in [0.25, 0.3) is 0 Å². The van der Waals surface area contributed by atoms with Crippen molar-refractivity contribution in [2.24, 2.45) is 5.92 Å². The van der Waals surface area contributed by atoms with E-state index in [-0.39, 0.29) is 11.9 Å². The van der Waals surface area contributed by atoms with Gasteiger partial charge in [0.1, 0.15) is 0 Å². The molecule has 1 aliphatic heterocycles. The SMILES string of the molecule is CCCN1CC(CC(=O)NC(C)c2ccccc2)CC(c2ccc(CC)cc2)C1. The van der Waals surface area contributed by atoms with Gasteiger partial charge in [-0.15, -0.1) is 0 Å². The number of rotatable bonds is 8. The second-order valence-corrected chi connectivity index (χ2v) is 8.56. The summed E-state index contributed by atoms with van der Waals surface area (Å²) in [6, 6.07) is 19.4. The van der Waals surface area contributed by atoms with Crippen LogP contribution < -0.4 is 5.32 Å². The van der Waals surface area contributed by atoms with Crippen LogP contribution in [0.5, 0.6) is 0 Å². The maximum absolute atomic E-state index is 12.8. The quantitative estimate of drug-likeness (QED) is 0.658. The van der Waals surface area contributed by atoms with Gasteiger partial charge in [0.15, 0.2) is 0 Å². The second-order valence-electron chi connectivity index (χ2n) is 8.56. The van der Waals surface area contributed by atoms with Crippen molar-refractivity contribution in [2.45, 2.75) is 58.4 Å². The third kappa shape index (κ3) is 6.17. The van der Waals surface area contributed by atoms with E-state index in [1.807, 2.05) is 18.2 Å². The lowest BCUT2D eigenvalue weighted by molar-refractivity contribution is -0.123. The Bertz CT molecular complexity index is 756. The normalized spacial score (nSPS) is 20.9. The fraction of sp³-hybridized carbons (Fsp3) is 0.500. The van der Waals surface area contributed by atoms with Gasteiger partial charge in [-0.2, -0.15) is 0 Å². The molecule has 3 rings (SSSR count). The maximum atomic E-state index is 12.8. The standard InChI is InChI=1S/C26H36N2O/c1-4-15-28-18-22(16-25(19-28)24-13-11-21(5-2)12-14-24)17-26(29)27-20(3)23-9-7-6-8-10-23/h6-14,20,22,25H,4-5,15-19H2,1-3H3,(H,27,29). The van der Waals surface area contributed by atoms with E-state index in [0.717, 1.165) is 44.5 Å². The molecule has 0 radical (unpaired) electrons. The average Bonchev–Trinajstić information content (AvgIpc) is 2.74. The second kappa shape index (κ2) is 10.6. The number of carbonyl (C=O) groups excluding carboxylic acids is 1. The monoisotopic (exact) mass is 392 g/mol. The number of nitrogens with one attached hydrogen (secondary N) is 1. The molecule has 0 spiro atoms. The fourth-order valence-electron chi connectivity index (χ4n) is 4.60. The number of aryl methyl sites for hydroxylation is 1. The highest BCUT2D eigenvalue weighted by Crippen LogP contribution is 2.32. The summed E-state index contributed by atoms with van der Waals surface area (Å²) in [5.41, 5.74) is 3.97. The number of amides is 1. The highest BCUT2D eigenvalue weighted by molar-refractivity contribution is 5.76. The van der Waals surface area contributed by atoms with Crippen molar-refractivity contribution < 1.29 is 4.79 Å². The summed E-state index contributed by atoms with van der Waals surface area (Å²) in [4.78, 5) is 15.3. The zero-order chi connectivity index (χ0) is 20.6. The summed E-state index contributed by atoms with van der Waals surface area (Å²) in [5, 5.41) is 3.20. The molecule has 29 heavy (non-hydrogen) atoms. The Hall–Kier alpha value is -2.13. The molecule has 2 aromatic carbocycles. The Kier molecular flexibility index (Phi) is 7.88. The topological polar surface area (TPSA) is 32.3 Å². The first-order valence-electron chi connectivity index (χ1n) is 11.2. The van der Waals surface area contributed by atoms with Crippen molar-refractivity contribution in [2.75, 3.05) is 19.6 Å². The summed E-state index contributed by atoms with van der Waals surface area (Å²) < 4.78 is 0. The third-order valence-corrected chi connectivity index (χ3v) is 6.16. The Labute approximate surface area is 176 Å².